The zero-order chi connectivity index (χ0) is 16.9. The van der Waals surface area contributed by atoms with Crippen LogP contribution in [0.5, 0.6) is 0 Å². The van der Waals surface area contributed by atoms with E-state index in [1.807, 2.05) is 30.3 Å². The summed E-state index contributed by atoms with van der Waals surface area (Å²) < 4.78 is 0. The average molecular weight is 314 g/mol. The van der Waals surface area contributed by atoms with Crippen molar-refractivity contribution in [3.8, 4) is 11.1 Å². The van der Waals surface area contributed by atoms with Gasteiger partial charge in [-0.2, -0.15) is 0 Å². The van der Waals surface area contributed by atoms with Gasteiger partial charge in [0.1, 0.15) is 0 Å². The fourth-order valence-electron chi connectivity index (χ4n) is 3.17. The summed E-state index contributed by atoms with van der Waals surface area (Å²) in [5.41, 5.74) is 7.08. The van der Waals surface area contributed by atoms with Crippen molar-refractivity contribution in [2.24, 2.45) is 0 Å². The molecule has 0 unspecified atom stereocenters. The van der Waals surface area contributed by atoms with Crippen LogP contribution in [0.15, 0.2) is 72.8 Å². The summed E-state index contributed by atoms with van der Waals surface area (Å²) in [7, 11) is 0. The molecule has 0 saturated carbocycles. The molecule has 3 rings (SSSR count). The predicted molar refractivity (Wildman–Crippen MR) is 100 cm³/mol. The van der Waals surface area contributed by atoms with Crippen LogP contribution >= 0.6 is 0 Å². The van der Waals surface area contributed by atoms with Gasteiger partial charge in [0, 0.05) is 12.0 Å². The minimum absolute atomic E-state index is 0.203. The van der Waals surface area contributed by atoms with E-state index in [0.29, 0.717) is 6.42 Å². The van der Waals surface area contributed by atoms with E-state index in [1.165, 1.54) is 27.8 Å². The standard InChI is InChI=1S/C23H22O/c1-17-9-6-7-13-20(17)22-14-8-10-18(2)21(22)15-16-23(24)19-11-4-3-5-12-19/h3-14H,15-16H2,1-2H3. The second-order valence-corrected chi connectivity index (χ2v) is 6.21. The maximum absolute atomic E-state index is 12.4. The minimum atomic E-state index is 0.203. The lowest BCUT2D eigenvalue weighted by Gasteiger charge is -2.14. The third-order valence-corrected chi connectivity index (χ3v) is 4.54. The first-order valence-electron chi connectivity index (χ1n) is 8.39. The number of hydrogen-bond donors (Lipinski definition) is 0. The van der Waals surface area contributed by atoms with Gasteiger partial charge in [0.15, 0.2) is 5.78 Å². The highest BCUT2D eigenvalue weighted by molar-refractivity contribution is 5.96. The molecule has 0 radical (unpaired) electrons. The Hall–Kier alpha value is -2.67. The molecule has 0 atom stereocenters. The monoisotopic (exact) mass is 314 g/mol. The van der Waals surface area contributed by atoms with Crippen molar-refractivity contribution >= 4 is 5.78 Å². The fourth-order valence-corrected chi connectivity index (χ4v) is 3.17. The van der Waals surface area contributed by atoms with Crippen LogP contribution in [0.4, 0.5) is 0 Å². The van der Waals surface area contributed by atoms with Crippen molar-refractivity contribution in [1.29, 1.82) is 0 Å². The van der Waals surface area contributed by atoms with E-state index in [2.05, 4.69) is 56.3 Å². The van der Waals surface area contributed by atoms with Gasteiger partial charge in [-0.3, -0.25) is 4.79 Å². The number of benzene rings is 3. The van der Waals surface area contributed by atoms with Gasteiger partial charge in [-0.25, -0.2) is 0 Å². The van der Waals surface area contributed by atoms with Crippen molar-refractivity contribution in [3.05, 3.63) is 95.1 Å². The lowest BCUT2D eigenvalue weighted by atomic mass is 9.90. The van der Waals surface area contributed by atoms with Crippen LogP contribution in [0.3, 0.4) is 0 Å². The Morgan fingerprint density at radius 3 is 2.08 bits per heavy atom. The van der Waals surface area contributed by atoms with Gasteiger partial charge in [0.2, 0.25) is 0 Å². The normalized spacial score (nSPS) is 10.6. The molecule has 0 spiro atoms. The third-order valence-electron chi connectivity index (χ3n) is 4.54. The molecule has 0 heterocycles. The molecule has 0 N–H and O–H groups in total. The molecule has 120 valence electrons. The third kappa shape index (κ3) is 3.46. The first-order valence-corrected chi connectivity index (χ1v) is 8.39. The number of carbonyl (C=O) groups excluding carboxylic acids is 1. The smallest absolute Gasteiger partial charge is 0.163 e. The number of ketones is 1. The Morgan fingerprint density at radius 1 is 0.708 bits per heavy atom. The van der Waals surface area contributed by atoms with Gasteiger partial charge >= 0.3 is 0 Å². The number of Topliss-reactive ketones (excluding diaryl/α,β-unsaturated/α-hetero) is 1. The Balaban J connectivity index is 1.89. The summed E-state index contributed by atoms with van der Waals surface area (Å²) in [4.78, 5) is 12.4. The van der Waals surface area contributed by atoms with Gasteiger partial charge < -0.3 is 0 Å². The molecule has 0 aliphatic heterocycles. The molecule has 0 saturated heterocycles. The predicted octanol–water partition coefficient (Wildman–Crippen LogP) is 5.79. The molecule has 1 heteroatoms. The first kappa shape index (κ1) is 16.2. The molecule has 0 aliphatic rings. The summed E-state index contributed by atoms with van der Waals surface area (Å²) >= 11 is 0. The number of aryl methyl sites for hydroxylation is 2. The van der Waals surface area contributed by atoms with E-state index in [4.69, 9.17) is 0 Å². The van der Waals surface area contributed by atoms with Crippen molar-refractivity contribution in [2.75, 3.05) is 0 Å². The minimum Gasteiger partial charge on any atom is -0.294 e. The molecule has 0 fully saturated rings. The quantitative estimate of drug-likeness (QED) is 0.545. The maximum Gasteiger partial charge on any atom is 0.163 e. The second-order valence-electron chi connectivity index (χ2n) is 6.21. The van der Waals surface area contributed by atoms with Gasteiger partial charge in [0.25, 0.3) is 0 Å². The summed E-state index contributed by atoms with van der Waals surface area (Å²) in [6, 6.07) is 24.4. The van der Waals surface area contributed by atoms with Gasteiger partial charge in [-0.15, -0.1) is 0 Å². The molecular formula is C23H22O. The largest absolute Gasteiger partial charge is 0.294 e. The van der Waals surface area contributed by atoms with Crippen molar-refractivity contribution in [2.45, 2.75) is 26.7 Å². The van der Waals surface area contributed by atoms with Gasteiger partial charge in [0.05, 0.1) is 0 Å². The molecule has 0 aliphatic carbocycles. The lowest BCUT2D eigenvalue weighted by Crippen LogP contribution is -2.03. The number of carbonyl (C=O) groups is 1. The van der Waals surface area contributed by atoms with E-state index in [9.17, 15) is 4.79 Å². The molecule has 0 bridgehead atoms. The fraction of sp³-hybridized carbons (Fsp3) is 0.174. The molecule has 0 amide bonds. The van der Waals surface area contributed by atoms with Crippen LogP contribution in [-0.4, -0.2) is 5.78 Å². The van der Waals surface area contributed by atoms with E-state index in [1.54, 1.807) is 0 Å². The highest BCUT2D eigenvalue weighted by Crippen LogP contribution is 2.30. The van der Waals surface area contributed by atoms with Crippen LogP contribution in [0.2, 0.25) is 0 Å². The van der Waals surface area contributed by atoms with Crippen molar-refractivity contribution in [3.63, 3.8) is 0 Å². The lowest BCUT2D eigenvalue weighted by molar-refractivity contribution is 0.0983. The Morgan fingerprint density at radius 2 is 1.33 bits per heavy atom. The Labute approximate surface area is 144 Å². The van der Waals surface area contributed by atoms with Crippen LogP contribution < -0.4 is 0 Å². The summed E-state index contributed by atoms with van der Waals surface area (Å²) in [5.74, 6) is 0.203. The van der Waals surface area contributed by atoms with Gasteiger partial charge in [-0.05, 0) is 48.1 Å². The van der Waals surface area contributed by atoms with E-state index in [0.717, 1.165) is 12.0 Å². The zero-order valence-corrected chi connectivity index (χ0v) is 14.3. The number of rotatable bonds is 5. The molecule has 3 aromatic rings. The summed E-state index contributed by atoms with van der Waals surface area (Å²) in [6.07, 6.45) is 1.30. The Bertz CT molecular complexity index is 847. The van der Waals surface area contributed by atoms with Gasteiger partial charge in [-0.1, -0.05) is 72.8 Å². The average Bonchev–Trinajstić information content (AvgIpc) is 2.61. The highest BCUT2D eigenvalue weighted by atomic mass is 16.1. The number of hydrogen-bond acceptors (Lipinski definition) is 1. The van der Waals surface area contributed by atoms with Crippen LogP contribution in [0.25, 0.3) is 11.1 Å². The Kier molecular flexibility index (Phi) is 4.90. The second kappa shape index (κ2) is 7.27. The first-order chi connectivity index (χ1) is 11.7. The summed E-state index contributed by atoms with van der Waals surface area (Å²) in [5, 5.41) is 0. The topological polar surface area (TPSA) is 17.1 Å². The molecule has 24 heavy (non-hydrogen) atoms. The van der Waals surface area contributed by atoms with Crippen LogP contribution in [-0.2, 0) is 6.42 Å². The van der Waals surface area contributed by atoms with E-state index in [-0.39, 0.29) is 5.78 Å². The summed E-state index contributed by atoms with van der Waals surface area (Å²) in [6.45, 7) is 4.26. The van der Waals surface area contributed by atoms with Crippen molar-refractivity contribution < 1.29 is 4.79 Å². The SMILES string of the molecule is Cc1ccccc1-c1cccc(C)c1CCC(=O)c1ccccc1. The van der Waals surface area contributed by atoms with Crippen LogP contribution in [0.1, 0.15) is 33.5 Å². The molecular weight excluding hydrogens is 292 g/mol. The molecule has 3 aromatic carbocycles. The zero-order valence-electron chi connectivity index (χ0n) is 14.3. The van der Waals surface area contributed by atoms with E-state index >= 15 is 0 Å². The molecule has 0 aromatic heterocycles. The van der Waals surface area contributed by atoms with Crippen molar-refractivity contribution in [1.82, 2.24) is 0 Å². The highest BCUT2D eigenvalue weighted by Gasteiger charge is 2.12. The van der Waals surface area contributed by atoms with Crippen LogP contribution in [0, 0.1) is 13.8 Å². The maximum atomic E-state index is 12.4. The van der Waals surface area contributed by atoms with E-state index < -0.39 is 0 Å². The molecule has 1 nitrogen and oxygen atoms in total.